The number of carbonyl (C=O) groups is 1. The fourth-order valence-corrected chi connectivity index (χ4v) is 5.02. The van der Waals surface area contributed by atoms with Crippen molar-refractivity contribution >= 4 is 29.9 Å². The van der Waals surface area contributed by atoms with Gasteiger partial charge in [-0.25, -0.2) is 4.79 Å². The highest BCUT2D eigenvalue weighted by atomic mass is 31.2. The van der Waals surface area contributed by atoms with Crippen molar-refractivity contribution in [3.8, 4) is 0 Å². The lowest BCUT2D eigenvalue weighted by atomic mass is 10.2. The van der Waals surface area contributed by atoms with Crippen LogP contribution in [-0.4, -0.2) is 12.6 Å². The van der Waals surface area contributed by atoms with Crippen LogP contribution in [-0.2, 0) is 14.1 Å². The molecule has 4 nitrogen and oxygen atoms in total. The number of carbonyl (C=O) groups excluding carboxylic acids is 1. The monoisotopic (exact) mass is 391 g/mol. The van der Waals surface area contributed by atoms with E-state index >= 15 is 0 Å². The van der Waals surface area contributed by atoms with Crippen LogP contribution in [0.3, 0.4) is 0 Å². The summed E-state index contributed by atoms with van der Waals surface area (Å²) < 4.78 is 19.4. The largest absolute Gasteiger partial charge is 0.461 e. The molecule has 3 aromatic rings. The lowest BCUT2D eigenvalue weighted by Gasteiger charge is -2.22. The molecule has 0 atom stereocenters. The molecular weight excluding hydrogens is 369 g/mol. The van der Waals surface area contributed by atoms with Crippen LogP contribution in [0.4, 0.5) is 0 Å². The van der Waals surface area contributed by atoms with E-state index in [0.29, 0.717) is 10.6 Å². The molecule has 0 aromatic heterocycles. The van der Waals surface area contributed by atoms with Gasteiger partial charge in [-0.2, -0.15) is 0 Å². The number of nitrogens with one attached hydrogen (secondary N) is 1. The van der Waals surface area contributed by atoms with E-state index in [0.717, 1.165) is 5.56 Å². The average Bonchev–Trinajstić information content (AvgIpc) is 2.75. The van der Waals surface area contributed by atoms with Gasteiger partial charge in [0.15, 0.2) is 0 Å². The number of ether oxygens (including phenoxy) is 1. The summed E-state index contributed by atoms with van der Waals surface area (Å²) in [4.78, 5) is 12.6. The first kappa shape index (κ1) is 19.7. The summed E-state index contributed by atoms with van der Waals surface area (Å²) >= 11 is 0. The van der Waals surface area contributed by atoms with E-state index < -0.39 is 13.3 Å². The predicted octanol–water partition coefficient (Wildman–Crippen LogP) is 4.11. The fraction of sp³-hybridized carbons (Fsp3) is 0.0870. The number of esters is 1. The smallest absolute Gasteiger partial charge is 0.354 e. The maximum Gasteiger partial charge on any atom is 0.354 e. The molecule has 28 heavy (non-hydrogen) atoms. The maximum absolute atomic E-state index is 14.2. The van der Waals surface area contributed by atoms with Crippen LogP contribution in [0.2, 0.25) is 0 Å². The van der Waals surface area contributed by atoms with Crippen molar-refractivity contribution in [2.45, 2.75) is 6.92 Å². The third-order valence-corrected chi connectivity index (χ3v) is 6.73. The molecule has 142 valence electrons. The average molecular weight is 391 g/mol. The zero-order valence-corrected chi connectivity index (χ0v) is 16.5. The number of hydrogen-bond acceptors (Lipinski definition) is 3. The second kappa shape index (κ2) is 9.20. The van der Waals surface area contributed by atoms with Crippen molar-refractivity contribution < 1.29 is 14.1 Å². The van der Waals surface area contributed by atoms with Crippen molar-refractivity contribution in [3.63, 3.8) is 0 Å². The highest BCUT2D eigenvalue weighted by Crippen LogP contribution is 2.40. The van der Waals surface area contributed by atoms with Crippen LogP contribution in [0.5, 0.6) is 0 Å². The first-order valence-corrected chi connectivity index (χ1v) is 10.8. The summed E-state index contributed by atoms with van der Waals surface area (Å²) in [6, 6.07) is 27.6. The summed E-state index contributed by atoms with van der Waals surface area (Å²) in [5.74, 6) is -0.543. The third-order valence-electron chi connectivity index (χ3n) is 4.12. The number of benzene rings is 3. The third kappa shape index (κ3) is 4.59. The van der Waals surface area contributed by atoms with Crippen LogP contribution in [0.25, 0.3) is 6.08 Å². The Morgan fingerprint density at radius 1 is 0.857 bits per heavy atom. The molecule has 0 spiro atoms. The van der Waals surface area contributed by atoms with Gasteiger partial charge in [0.25, 0.3) is 0 Å². The minimum atomic E-state index is -3.31. The van der Waals surface area contributed by atoms with Crippen LogP contribution < -0.4 is 15.7 Å². The Labute approximate surface area is 165 Å². The molecule has 3 rings (SSSR count). The van der Waals surface area contributed by atoms with Gasteiger partial charge in [-0.05, 0) is 42.8 Å². The van der Waals surface area contributed by atoms with Crippen molar-refractivity contribution in [3.05, 3.63) is 102 Å². The molecule has 0 unspecified atom stereocenters. The molecule has 0 bridgehead atoms. The van der Waals surface area contributed by atoms with E-state index in [9.17, 15) is 9.36 Å². The van der Waals surface area contributed by atoms with E-state index in [2.05, 4.69) is 5.09 Å². The second-order valence-corrected chi connectivity index (χ2v) is 8.56. The van der Waals surface area contributed by atoms with Crippen LogP contribution in [0.1, 0.15) is 12.5 Å². The molecule has 0 fully saturated rings. The molecule has 0 aliphatic rings. The lowest BCUT2D eigenvalue weighted by Crippen LogP contribution is -2.30. The minimum absolute atomic E-state index is 0.157. The molecule has 3 aromatic carbocycles. The van der Waals surface area contributed by atoms with E-state index in [1.807, 2.05) is 66.7 Å². The van der Waals surface area contributed by atoms with Gasteiger partial charge < -0.3 is 9.82 Å². The topological polar surface area (TPSA) is 55.4 Å². The SMILES string of the molecule is CCOC(=O)/C(=C\c1ccccc1)NP(=O)(c1ccccc1)c1ccccc1. The molecule has 0 aliphatic heterocycles. The lowest BCUT2D eigenvalue weighted by molar-refractivity contribution is -0.138. The minimum Gasteiger partial charge on any atom is -0.461 e. The molecule has 0 saturated heterocycles. The van der Waals surface area contributed by atoms with E-state index in [4.69, 9.17) is 4.74 Å². The van der Waals surface area contributed by atoms with Crippen LogP contribution in [0.15, 0.2) is 96.7 Å². The maximum atomic E-state index is 14.2. The Hall–Kier alpha value is -3.10. The molecule has 0 heterocycles. The number of hydrogen-bond donors (Lipinski definition) is 1. The summed E-state index contributed by atoms with van der Waals surface area (Å²) in [5, 5.41) is 4.27. The first-order chi connectivity index (χ1) is 13.6. The van der Waals surface area contributed by atoms with Gasteiger partial charge in [0.1, 0.15) is 5.70 Å². The summed E-state index contributed by atoms with van der Waals surface area (Å²) in [7, 11) is -3.31. The van der Waals surface area contributed by atoms with Gasteiger partial charge >= 0.3 is 5.97 Å². The Kier molecular flexibility index (Phi) is 6.46. The fourth-order valence-electron chi connectivity index (χ4n) is 2.79. The molecular formula is C23H22NO3P. The summed E-state index contributed by atoms with van der Waals surface area (Å²) in [5.41, 5.74) is 0.967. The quantitative estimate of drug-likeness (QED) is 0.374. The molecule has 5 heteroatoms. The highest BCUT2D eigenvalue weighted by molar-refractivity contribution is 7.77. The van der Waals surface area contributed by atoms with Gasteiger partial charge in [-0.3, -0.25) is 4.57 Å². The van der Waals surface area contributed by atoms with E-state index in [1.165, 1.54) is 0 Å². The predicted molar refractivity (Wildman–Crippen MR) is 114 cm³/mol. The molecule has 0 amide bonds. The summed E-state index contributed by atoms with van der Waals surface area (Å²) in [6.45, 7) is 1.97. The molecule has 0 radical (unpaired) electrons. The zero-order valence-electron chi connectivity index (χ0n) is 15.6. The molecule has 0 aliphatic carbocycles. The van der Waals surface area contributed by atoms with Crippen molar-refractivity contribution in [1.82, 2.24) is 5.09 Å². The Balaban J connectivity index is 2.09. The Bertz CT molecular complexity index is 943. The van der Waals surface area contributed by atoms with Gasteiger partial charge in [-0.1, -0.05) is 66.7 Å². The Morgan fingerprint density at radius 2 is 1.32 bits per heavy atom. The van der Waals surface area contributed by atoms with Crippen LogP contribution in [0, 0.1) is 0 Å². The second-order valence-electron chi connectivity index (χ2n) is 6.08. The standard InChI is InChI=1S/C23H22NO3P/c1-2-27-23(25)22(18-19-12-6-3-7-13-19)24-28(26,20-14-8-4-9-15-20)21-16-10-5-11-17-21/h3-18H,2H2,1H3,(H,24,26)/b22-18+. The van der Waals surface area contributed by atoms with Crippen LogP contribution >= 0.6 is 7.29 Å². The van der Waals surface area contributed by atoms with Gasteiger partial charge in [0.05, 0.1) is 6.61 Å². The van der Waals surface area contributed by atoms with Gasteiger partial charge in [0.2, 0.25) is 7.29 Å². The van der Waals surface area contributed by atoms with Crippen molar-refractivity contribution in [1.29, 1.82) is 0 Å². The van der Waals surface area contributed by atoms with Crippen molar-refractivity contribution in [2.24, 2.45) is 0 Å². The normalized spacial score (nSPS) is 11.7. The zero-order chi connectivity index (χ0) is 19.8. The highest BCUT2D eigenvalue weighted by Gasteiger charge is 2.30. The first-order valence-electron chi connectivity index (χ1n) is 9.07. The Morgan fingerprint density at radius 3 is 1.79 bits per heavy atom. The number of rotatable bonds is 7. The van der Waals surface area contributed by atoms with Crippen molar-refractivity contribution in [2.75, 3.05) is 6.61 Å². The molecule has 0 saturated carbocycles. The van der Waals surface area contributed by atoms with E-state index in [1.54, 1.807) is 37.3 Å². The van der Waals surface area contributed by atoms with E-state index in [-0.39, 0.29) is 12.3 Å². The van der Waals surface area contributed by atoms with Gasteiger partial charge in [-0.15, -0.1) is 0 Å². The van der Waals surface area contributed by atoms with Gasteiger partial charge in [0, 0.05) is 10.6 Å². The summed E-state index contributed by atoms with van der Waals surface area (Å²) in [6.07, 6.45) is 1.66. The molecule has 1 N–H and O–H groups in total.